The lowest BCUT2D eigenvalue weighted by molar-refractivity contribution is 0.00304. The van der Waals surface area contributed by atoms with Crippen LogP contribution in [0.15, 0.2) is 23.0 Å². The Morgan fingerprint density at radius 3 is 2.69 bits per heavy atom. The molecular formula is C10H14O3. The normalized spacial score (nSPS) is 11.6. The first-order valence-corrected chi connectivity index (χ1v) is 4.18. The van der Waals surface area contributed by atoms with Gasteiger partial charge in [-0.25, -0.2) is 0 Å². The molecule has 1 heterocycles. The minimum absolute atomic E-state index is 0.0522. The van der Waals surface area contributed by atoms with Crippen LogP contribution in [0.25, 0.3) is 0 Å². The molecule has 0 aliphatic rings. The molecule has 0 fully saturated rings. The highest BCUT2D eigenvalue weighted by Crippen LogP contribution is 2.08. The summed E-state index contributed by atoms with van der Waals surface area (Å²) in [5, 5.41) is 0. The van der Waals surface area contributed by atoms with Crippen LogP contribution < -0.4 is 0 Å². The second-order valence-electron chi connectivity index (χ2n) is 3.84. The average Bonchev–Trinajstić information content (AvgIpc) is 2.50. The fourth-order valence-corrected chi connectivity index (χ4v) is 0.789. The predicted octanol–water partition coefficient (Wildman–Crippen LogP) is 2.28. The Kier molecular flexibility index (Phi) is 2.88. The molecule has 0 atom stereocenters. The number of carbonyl (C=O) groups is 1. The summed E-state index contributed by atoms with van der Waals surface area (Å²) in [7, 11) is 0. The topological polar surface area (TPSA) is 39.4 Å². The first kappa shape index (κ1) is 9.99. The van der Waals surface area contributed by atoms with E-state index in [0.717, 1.165) is 0 Å². The van der Waals surface area contributed by atoms with Crippen LogP contribution >= 0.6 is 0 Å². The molecule has 0 N–H and O–H groups in total. The highest BCUT2D eigenvalue weighted by Gasteiger charge is 2.14. The molecule has 0 aliphatic heterocycles. The van der Waals surface area contributed by atoms with E-state index in [1.54, 1.807) is 6.07 Å². The van der Waals surface area contributed by atoms with Gasteiger partial charge in [-0.1, -0.05) is 0 Å². The number of furan rings is 1. The summed E-state index contributed by atoms with van der Waals surface area (Å²) in [6.07, 6.45) is 2.90. The van der Waals surface area contributed by atoms with Crippen molar-refractivity contribution in [3.8, 4) is 0 Å². The number of Topliss-reactive ketones (excluding diaryl/α,β-unsaturated/α-hetero) is 1. The van der Waals surface area contributed by atoms with Gasteiger partial charge in [-0.15, -0.1) is 0 Å². The molecule has 0 spiro atoms. The molecule has 72 valence electrons. The van der Waals surface area contributed by atoms with Crippen molar-refractivity contribution >= 4 is 5.78 Å². The van der Waals surface area contributed by atoms with Crippen LogP contribution in [-0.2, 0) is 4.74 Å². The predicted molar refractivity (Wildman–Crippen MR) is 48.7 cm³/mol. The number of carbonyl (C=O) groups excluding carboxylic acids is 1. The molecule has 0 saturated carbocycles. The van der Waals surface area contributed by atoms with E-state index in [-0.39, 0.29) is 18.0 Å². The summed E-state index contributed by atoms with van der Waals surface area (Å²) in [6.45, 7) is 5.84. The Balaban J connectivity index is 2.44. The smallest absolute Gasteiger partial charge is 0.191 e. The maximum atomic E-state index is 11.4. The lowest BCUT2D eigenvalue weighted by Crippen LogP contribution is -2.23. The molecule has 1 aromatic rings. The number of ether oxygens (including phenoxy) is 1. The van der Waals surface area contributed by atoms with E-state index < -0.39 is 0 Å². The molecule has 1 rings (SSSR count). The maximum Gasteiger partial charge on any atom is 0.191 e. The molecule has 0 saturated heterocycles. The Bertz CT molecular complexity index is 267. The second kappa shape index (κ2) is 3.75. The quantitative estimate of drug-likeness (QED) is 0.673. The SMILES string of the molecule is CC(C)(C)OCC(=O)c1ccoc1. The van der Waals surface area contributed by atoms with Crippen LogP contribution in [-0.4, -0.2) is 18.0 Å². The first-order chi connectivity index (χ1) is 5.99. The molecule has 0 unspecified atom stereocenters. The average molecular weight is 182 g/mol. The molecule has 3 nitrogen and oxygen atoms in total. The summed E-state index contributed by atoms with van der Waals surface area (Å²) in [5.41, 5.74) is 0.281. The van der Waals surface area contributed by atoms with Crippen molar-refractivity contribution in [2.45, 2.75) is 26.4 Å². The summed E-state index contributed by atoms with van der Waals surface area (Å²) >= 11 is 0. The zero-order chi connectivity index (χ0) is 9.90. The minimum atomic E-state index is -0.278. The molecular weight excluding hydrogens is 168 g/mol. The van der Waals surface area contributed by atoms with Crippen molar-refractivity contribution in [1.82, 2.24) is 0 Å². The molecule has 0 radical (unpaired) electrons. The van der Waals surface area contributed by atoms with Crippen LogP contribution in [0.3, 0.4) is 0 Å². The molecule has 1 aromatic heterocycles. The summed E-state index contributed by atoms with van der Waals surface area (Å²) in [6, 6.07) is 1.63. The summed E-state index contributed by atoms with van der Waals surface area (Å²) < 4.78 is 10.1. The summed E-state index contributed by atoms with van der Waals surface area (Å²) in [4.78, 5) is 11.4. The van der Waals surface area contributed by atoms with Crippen LogP contribution in [0.4, 0.5) is 0 Å². The molecule has 0 aromatic carbocycles. The van der Waals surface area contributed by atoms with E-state index in [1.165, 1.54) is 12.5 Å². The van der Waals surface area contributed by atoms with Crippen molar-refractivity contribution < 1.29 is 13.9 Å². The van der Waals surface area contributed by atoms with Gasteiger partial charge in [0.15, 0.2) is 5.78 Å². The van der Waals surface area contributed by atoms with Crippen LogP contribution in [0.5, 0.6) is 0 Å². The maximum absolute atomic E-state index is 11.4. The van der Waals surface area contributed by atoms with Gasteiger partial charge in [0.05, 0.1) is 17.4 Å². The van der Waals surface area contributed by atoms with Gasteiger partial charge in [0.2, 0.25) is 0 Å². The van der Waals surface area contributed by atoms with Crippen molar-refractivity contribution in [2.24, 2.45) is 0 Å². The third kappa shape index (κ3) is 3.42. The van der Waals surface area contributed by atoms with Crippen LogP contribution in [0.2, 0.25) is 0 Å². The lowest BCUT2D eigenvalue weighted by atomic mass is 10.2. The first-order valence-electron chi connectivity index (χ1n) is 4.18. The fourth-order valence-electron chi connectivity index (χ4n) is 0.789. The number of hydrogen-bond acceptors (Lipinski definition) is 3. The van der Waals surface area contributed by atoms with E-state index in [2.05, 4.69) is 0 Å². The molecule has 13 heavy (non-hydrogen) atoms. The molecule has 3 heteroatoms. The largest absolute Gasteiger partial charge is 0.472 e. The van der Waals surface area contributed by atoms with Gasteiger partial charge in [0.1, 0.15) is 12.9 Å². The van der Waals surface area contributed by atoms with Gasteiger partial charge in [-0.3, -0.25) is 4.79 Å². The fraction of sp³-hybridized carbons (Fsp3) is 0.500. The van der Waals surface area contributed by atoms with E-state index in [9.17, 15) is 4.79 Å². The van der Waals surface area contributed by atoms with Gasteiger partial charge < -0.3 is 9.15 Å². The molecule has 0 aliphatic carbocycles. The van der Waals surface area contributed by atoms with Gasteiger partial charge >= 0.3 is 0 Å². The highest BCUT2D eigenvalue weighted by atomic mass is 16.5. The molecule has 0 amide bonds. The van der Waals surface area contributed by atoms with Crippen molar-refractivity contribution in [2.75, 3.05) is 6.61 Å². The van der Waals surface area contributed by atoms with Crippen molar-refractivity contribution in [1.29, 1.82) is 0 Å². The Morgan fingerprint density at radius 1 is 1.54 bits per heavy atom. The Hall–Kier alpha value is -1.09. The third-order valence-electron chi connectivity index (χ3n) is 1.48. The Labute approximate surface area is 77.7 Å². The highest BCUT2D eigenvalue weighted by molar-refractivity contribution is 5.96. The number of rotatable bonds is 3. The van der Waals surface area contributed by atoms with E-state index >= 15 is 0 Å². The Morgan fingerprint density at radius 2 is 2.23 bits per heavy atom. The lowest BCUT2D eigenvalue weighted by Gasteiger charge is -2.18. The van der Waals surface area contributed by atoms with Crippen LogP contribution in [0, 0.1) is 0 Å². The zero-order valence-corrected chi connectivity index (χ0v) is 8.16. The van der Waals surface area contributed by atoms with Crippen molar-refractivity contribution in [3.05, 3.63) is 24.2 Å². The molecule has 0 bridgehead atoms. The van der Waals surface area contributed by atoms with Gasteiger partial charge in [-0.05, 0) is 26.8 Å². The zero-order valence-electron chi connectivity index (χ0n) is 8.16. The van der Waals surface area contributed by atoms with E-state index in [0.29, 0.717) is 5.56 Å². The number of hydrogen-bond donors (Lipinski definition) is 0. The van der Waals surface area contributed by atoms with E-state index in [4.69, 9.17) is 9.15 Å². The second-order valence-corrected chi connectivity index (χ2v) is 3.84. The minimum Gasteiger partial charge on any atom is -0.472 e. The van der Waals surface area contributed by atoms with E-state index in [1.807, 2.05) is 20.8 Å². The summed E-state index contributed by atoms with van der Waals surface area (Å²) in [5.74, 6) is -0.0522. The van der Waals surface area contributed by atoms with Gasteiger partial charge in [0, 0.05) is 0 Å². The monoisotopic (exact) mass is 182 g/mol. The van der Waals surface area contributed by atoms with Gasteiger partial charge in [0.25, 0.3) is 0 Å². The van der Waals surface area contributed by atoms with Crippen molar-refractivity contribution in [3.63, 3.8) is 0 Å². The van der Waals surface area contributed by atoms with Gasteiger partial charge in [-0.2, -0.15) is 0 Å². The standard InChI is InChI=1S/C10H14O3/c1-10(2,3)13-7-9(11)8-4-5-12-6-8/h4-6H,7H2,1-3H3. The van der Waals surface area contributed by atoms with Crippen LogP contribution in [0.1, 0.15) is 31.1 Å². The third-order valence-corrected chi connectivity index (χ3v) is 1.48. The number of ketones is 1.